The number of ether oxygens (including phenoxy) is 1. The Morgan fingerprint density at radius 2 is 2.09 bits per heavy atom. The van der Waals surface area contributed by atoms with Gasteiger partial charge in [0.1, 0.15) is 16.7 Å². The van der Waals surface area contributed by atoms with Crippen LogP contribution in [0.25, 0.3) is 6.08 Å². The number of carbonyl (C=O) groups is 1. The van der Waals surface area contributed by atoms with Crippen LogP contribution in [-0.4, -0.2) is 28.3 Å². The fourth-order valence-electron chi connectivity index (χ4n) is 1.98. The number of rotatable bonds is 5. The van der Waals surface area contributed by atoms with Crippen LogP contribution in [0.5, 0.6) is 5.75 Å². The van der Waals surface area contributed by atoms with Crippen LogP contribution in [0.3, 0.4) is 0 Å². The summed E-state index contributed by atoms with van der Waals surface area (Å²) in [7, 11) is 0. The van der Waals surface area contributed by atoms with E-state index in [0.717, 1.165) is 24.9 Å². The lowest BCUT2D eigenvalue weighted by Crippen LogP contribution is -2.28. The van der Waals surface area contributed by atoms with Crippen LogP contribution < -0.4 is 4.74 Å². The summed E-state index contributed by atoms with van der Waals surface area (Å²) in [6, 6.07) is 3.95. The third-order valence-corrected chi connectivity index (χ3v) is 5.92. The van der Waals surface area contributed by atoms with Gasteiger partial charge >= 0.3 is 0 Å². The summed E-state index contributed by atoms with van der Waals surface area (Å²) < 4.78 is 8.10. The number of thioether (sulfide) groups is 1. The molecule has 1 aromatic rings. The highest BCUT2D eigenvalue weighted by Crippen LogP contribution is 2.35. The molecule has 0 atom stereocenters. The van der Waals surface area contributed by atoms with E-state index in [2.05, 4.69) is 51.1 Å². The molecule has 0 N–H and O–H groups in total. The lowest BCUT2D eigenvalue weighted by atomic mass is 10.2. The van der Waals surface area contributed by atoms with E-state index < -0.39 is 0 Å². The van der Waals surface area contributed by atoms with Crippen LogP contribution >= 0.6 is 69.2 Å². The smallest absolute Gasteiger partial charge is 0.266 e. The van der Waals surface area contributed by atoms with Crippen LogP contribution in [0.15, 0.2) is 17.0 Å². The Morgan fingerprint density at radius 1 is 1.43 bits per heavy atom. The second-order valence-corrected chi connectivity index (χ2v) is 8.64. The lowest BCUT2D eigenvalue weighted by Gasteiger charge is -2.12. The largest absolute Gasteiger partial charge is 0.479 e. The average molecular weight is 569 g/mol. The van der Waals surface area contributed by atoms with Gasteiger partial charge in [0.25, 0.3) is 5.91 Å². The molecule has 0 spiro atoms. The average Bonchev–Trinajstić information content (AvgIpc) is 2.74. The highest BCUT2D eigenvalue weighted by atomic mass is 127. The molecule has 1 saturated heterocycles. The van der Waals surface area contributed by atoms with Gasteiger partial charge in [0.2, 0.25) is 0 Å². The van der Waals surface area contributed by atoms with Crippen LogP contribution in [0.2, 0.25) is 0 Å². The van der Waals surface area contributed by atoms with Crippen molar-refractivity contribution in [2.75, 3.05) is 13.2 Å². The van der Waals surface area contributed by atoms with E-state index in [1.807, 2.05) is 25.1 Å². The first kappa shape index (κ1) is 19.0. The minimum atomic E-state index is -0.0143. The van der Waals surface area contributed by atoms with E-state index in [-0.39, 0.29) is 12.5 Å². The van der Waals surface area contributed by atoms with E-state index in [4.69, 9.17) is 23.4 Å². The van der Waals surface area contributed by atoms with Crippen LogP contribution in [0.4, 0.5) is 0 Å². The second-order valence-electron chi connectivity index (χ2n) is 4.64. The van der Waals surface area contributed by atoms with Gasteiger partial charge < -0.3 is 4.74 Å². The summed E-state index contributed by atoms with van der Waals surface area (Å²) in [5.41, 5.74) is 0.948. The van der Waals surface area contributed by atoms with E-state index in [1.54, 1.807) is 4.90 Å². The summed E-state index contributed by atoms with van der Waals surface area (Å²) in [5.74, 6) is 3.23. The van der Waals surface area contributed by atoms with Gasteiger partial charge in [0.15, 0.2) is 0 Å². The van der Waals surface area contributed by atoms with Crippen LogP contribution in [0, 0.1) is 19.5 Å². The summed E-state index contributed by atoms with van der Waals surface area (Å²) in [5, 5.41) is 0. The molecule has 1 aliphatic heterocycles. The molecule has 3 nitrogen and oxygen atoms in total. The Bertz CT molecular complexity index is 702. The fourth-order valence-corrected chi connectivity index (χ4v) is 5.42. The van der Waals surface area contributed by atoms with Crippen molar-refractivity contribution in [2.45, 2.75) is 13.3 Å². The van der Waals surface area contributed by atoms with Crippen molar-refractivity contribution in [3.63, 3.8) is 0 Å². The maximum Gasteiger partial charge on any atom is 0.266 e. The summed E-state index contributed by atoms with van der Waals surface area (Å²) >= 11 is 11.1. The normalized spacial score (nSPS) is 16.1. The van der Waals surface area contributed by atoms with Gasteiger partial charge in [-0.1, -0.05) is 36.8 Å². The number of thiocarbonyl (C=S) groups is 1. The zero-order valence-electron chi connectivity index (χ0n) is 12.3. The minimum absolute atomic E-state index is 0.0143. The Kier molecular flexibility index (Phi) is 7.19. The molecule has 0 radical (unpaired) electrons. The number of nitrogens with zero attached hydrogens (tertiary/aromatic N) is 1. The predicted octanol–water partition coefficient (Wildman–Crippen LogP) is 4.52. The summed E-state index contributed by atoms with van der Waals surface area (Å²) in [6.07, 6.45) is 8.00. The number of terminal acetylenes is 1. The van der Waals surface area contributed by atoms with Crippen LogP contribution in [0.1, 0.15) is 18.9 Å². The Hall–Kier alpha value is -0.310. The zero-order chi connectivity index (χ0) is 17.0. The molecule has 0 aliphatic carbocycles. The number of hydrogen-bond acceptors (Lipinski definition) is 4. The van der Waals surface area contributed by atoms with Gasteiger partial charge in [0, 0.05) is 6.54 Å². The maximum absolute atomic E-state index is 12.4. The van der Waals surface area contributed by atoms with Crippen molar-refractivity contribution in [2.24, 2.45) is 0 Å². The standard InChI is InChI=1S/C16H13I2NO2S2/c1-3-5-19-15(20)13(23-16(19)22)9-10-7-11(17)14(12(18)8-10)21-6-4-2/h2,7-9H,3,5-6H2,1H3/b13-9+. The molecule has 2 rings (SSSR count). The van der Waals surface area contributed by atoms with Gasteiger partial charge in [-0.05, 0) is 75.4 Å². The molecule has 0 saturated carbocycles. The Balaban J connectivity index is 2.28. The van der Waals surface area contributed by atoms with E-state index in [1.165, 1.54) is 11.8 Å². The summed E-state index contributed by atoms with van der Waals surface area (Å²) in [6.45, 7) is 2.93. The molecule has 23 heavy (non-hydrogen) atoms. The molecule has 120 valence electrons. The molecule has 1 aromatic carbocycles. The first-order valence-electron chi connectivity index (χ1n) is 6.78. The van der Waals surface area contributed by atoms with Gasteiger partial charge in [-0.3, -0.25) is 9.69 Å². The molecule has 0 aromatic heterocycles. The first-order chi connectivity index (χ1) is 11.0. The number of carbonyl (C=O) groups excluding carboxylic acids is 1. The SMILES string of the molecule is C#CCOc1c(I)cc(/C=C2/SC(=S)N(CCC)C2=O)cc1I. The number of amides is 1. The van der Waals surface area contributed by atoms with Crippen molar-refractivity contribution < 1.29 is 9.53 Å². The lowest BCUT2D eigenvalue weighted by molar-refractivity contribution is -0.122. The molecule has 0 bridgehead atoms. The predicted molar refractivity (Wildman–Crippen MR) is 116 cm³/mol. The molecule has 1 heterocycles. The topological polar surface area (TPSA) is 29.5 Å². The van der Waals surface area contributed by atoms with Gasteiger partial charge in [-0.2, -0.15) is 0 Å². The Morgan fingerprint density at radius 3 is 2.65 bits per heavy atom. The third-order valence-electron chi connectivity index (χ3n) is 2.94. The number of hydrogen-bond donors (Lipinski definition) is 0. The fraction of sp³-hybridized carbons (Fsp3) is 0.250. The van der Waals surface area contributed by atoms with Crippen molar-refractivity contribution in [3.8, 4) is 18.1 Å². The number of benzene rings is 1. The second kappa shape index (κ2) is 8.69. The quantitative estimate of drug-likeness (QED) is 0.226. The summed E-state index contributed by atoms with van der Waals surface area (Å²) in [4.78, 5) is 14.7. The first-order valence-corrected chi connectivity index (χ1v) is 10.2. The minimum Gasteiger partial charge on any atom is -0.479 e. The Labute approximate surface area is 172 Å². The molecule has 1 fully saturated rings. The van der Waals surface area contributed by atoms with Crippen molar-refractivity contribution >= 4 is 85.5 Å². The highest BCUT2D eigenvalue weighted by molar-refractivity contribution is 14.1. The van der Waals surface area contributed by atoms with E-state index >= 15 is 0 Å². The zero-order valence-corrected chi connectivity index (χ0v) is 18.2. The molecule has 1 aliphatic rings. The van der Waals surface area contributed by atoms with Crippen LogP contribution in [-0.2, 0) is 4.79 Å². The van der Waals surface area contributed by atoms with Crippen molar-refractivity contribution in [3.05, 3.63) is 29.7 Å². The third kappa shape index (κ3) is 4.61. The molecule has 1 amide bonds. The highest BCUT2D eigenvalue weighted by Gasteiger charge is 2.31. The van der Waals surface area contributed by atoms with Crippen molar-refractivity contribution in [1.29, 1.82) is 0 Å². The molecule has 7 heteroatoms. The van der Waals surface area contributed by atoms with Crippen molar-refractivity contribution in [1.82, 2.24) is 4.90 Å². The molecule has 0 unspecified atom stereocenters. The monoisotopic (exact) mass is 569 g/mol. The molecular weight excluding hydrogens is 556 g/mol. The molecular formula is C16H13I2NO2S2. The van der Waals surface area contributed by atoms with Gasteiger partial charge in [0.05, 0.1) is 12.0 Å². The number of halogens is 2. The van der Waals surface area contributed by atoms with E-state index in [0.29, 0.717) is 15.8 Å². The van der Waals surface area contributed by atoms with Gasteiger partial charge in [-0.15, -0.1) is 6.42 Å². The van der Waals surface area contributed by atoms with E-state index in [9.17, 15) is 4.79 Å². The van der Waals surface area contributed by atoms with Gasteiger partial charge in [-0.25, -0.2) is 0 Å². The maximum atomic E-state index is 12.4.